The van der Waals surface area contributed by atoms with Crippen molar-refractivity contribution in [3.05, 3.63) is 96.1 Å². The monoisotopic (exact) mass is 537 g/mol. The predicted octanol–water partition coefficient (Wildman–Crippen LogP) is 3.19. The fourth-order valence-corrected chi connectivity index (χ4v) is 5.09. The van der Waals surface area contributed by atoms with Gasteiger partial charge in [0.25, 0.3) is 10.0 Å². The Kier molecular flexibility index (Phi) is 9.44. The van der Waals surface area contributed by atoms with Crippen molar-refractivity contribution < 1.29 is 22.7 Å². The van der Waals surface area contributed by atoms with Gasteiger partial charge in [-0.05, 0) is 49.2 Å². The Bertz CT molecular complexity index is 1370. The fourth-order valence-electron chi connectivity index (χ4n) is 3.77. The second-order valence-electron chi connectivity index (χ2n) is 8.41. The summed E-state index contributed by atoms with van der Waals surface area (Å²) in [5, 5.41) is 10.6. The van der Waals surface area contributed by atoms with Gasteiger partial charge in [0.05, 0.1) is 35.6 Å². The van der Waals surface area contributed by atoms with Crippen molar-refractivity contribution in [3.63, 3.8) is 0 Å². The molecule has 0 aromatic heterocycles. The van der Waals surface area contributed by atoms with E-state index >= 15 is 0 Å². The summed E-state index contributed by atoms with van der Waals surface area (Å²) in [5.41, 5.74) is 9.27. The van der Waals surface area contributed by atoms with E-state index in [1.807, 2.05) is 30.3 Å². The first-order valence-corrected chi connectivity index (χ1v) is 13.4. The summed E-state index contributed by atoms with van der Waals surface area (Å²) in [6.45, 7) is 3.61. The van der Waals surface area contributed by atoms with Crippen LogP contribution in [0.2, 0.25) is 0 Å². The number of carbonyl (C=O) groups is 2. The van der Waals surface area contributed by atoms with E-state index in [1.54, 1.807) is 44.2 Å². The number of nitrogens with one attached hydrogen (secondary N) is 3. The van der Waals surface area contributed by atoms with Gasteiger partial charge in [-0.3, -0.25) is 20.4 Å². The first-order chi connectivity index (χ1) is 18.1. The number of anilines is 1. The van der Waals surface area contributed by atoms with Crippen LogP contribution in [-0.2, 0) is 24.3 Å². The maximum Gasteiger partial charge on any atom is 0.308 e. The summed E-state index contributed by atoms with van der Waals surface area (Å²) in [6, 6.07) is 22.3. The Morgan fingerprint density at radius 2 is 1.58 bits per heavy atom. The molecule has 5 N–H and O–H groups in total. The van der Waals surface area contributed by atoms with Gasteiger partial charge in [0.2, 0.25) is 11.9 Å². The minimum Gasteiger partial charge on any atom is -0.466 e. The molecule has 0 radical (unpaired) electrons. The van der Waals surface area contributed by atoms with Gasteiger partial charge in [0, 0.05) is 0 Å². The van der Waals surface area contributed by atoms with Crippen molar-refractivity contribution in [3.8, 4) is 0 Å². The number of hydrazine groups is 1. The third kappa shape index (κ3) is 7.10. The topological polar surface area (TPSA) is 155 Å². The predicted molar refractivity (Wildman–Crippen MR) is 145 cm³/mol. The van der Waals surface area contributed by atoms with E-state index in [9.17, 15) is 18.0 Å². The highest BCUT2D eigenvalue weighted by Crippen LogP contribution is 2.27. The lowest BCUT2D eigenvalue weighted by Crippen LogP contribution is -2.49. The molecule has 2 atom stereocenters. The van der Waals surface area contributed by atoms with Gasteiger partial charge in [-0.25, -0.2) is 0 Å². The number of benzene rings is 3. The fraction of sp³-hybridized carbons (Fsp3) is 0.222. The normalized spacial score (nSPS) is 12.6. The number of nitrogens with zero attached hydrogens (tertiary/aromatic N) is 1. The number of hydrogen-bond donors (Lipinski definition) is 4. The number of nitrogens with two attached hydrogens (primary N) is 1. The molecule has 11 heteroatoms. The van der Waals surface area contributed by atoms with Crippen LogP contribution in [0.3, 0.4) is 0 Å². The molecule has 0 bridgehead atoms. The van der Waals surface area contributed by atoms with Crippen molar-refractivity contribution in [2.45, 2.75) is 37.1 Å². The molecule has 1 amide bonds. The number of rotatable bonds is 11. The summed E-state index contributed by atoms with van der Waals surface area (Å²) in [7, 11) is -4.17. The number of esters is 1. The number of hydrogen-bond acceptors (Lipinski definition) is 6. The van der Waals surface area contributed by atoms with Crippen molar-refractivity contribution in [1.29, 1.82) is 5.41 Å². The highest BCUT2D eigenvalue weighted by Gasteiger charge is 2.28. The average molecular weight is 538 g/mol. The van der Waals surface area contributed by atoms with E-state index in [2.05, 4.69) is 10.7 Å². The molecule has 0 aliphatic rings. The Morgan fingerprint density at radius 3 is 2.18 bits per heavy atom. The highest BCUT2D eigenvalue weighted by molar-refractivity contribution is 7.92. The molecular formula is C27H31N5O5S. The molecular weight excluding hydrogens is 506 g/mol. The second kappa shape index (κ2) is 12.7. The van der Waals surface area contributed by atoms with E-state index in [4.69, 9.17) is 15.9 Å². The van der Waals surface area contributed by atoms with E-state index in [1.165, 1.54) is 24.3 Å². The molecule has 0 saturated carbocycles. The number of carbonyl (C=O) groups excluding carboxylic acids is 2. The zero-order valence-corrected chi connectivity index (χ0v) is 21.9. The van der Waals surface area contributed by atoms with Gasteiger partial charge in [0.1, 0.15) is 0 Å². The lowest BCUT2D eigenvalue weighted by molar-refractivity contribution is -0.143. The van der Waals surface area contributed by atoms with Crippen LogP contribution >= 0.6 is 0 Å². The van der Waals surface area contributed by atoms with Crippen molar-refractivity contribution in [1.82, 2.24) is 10.7 Å². The zero-order chi connectivity index (χ0) is 27.7. The molecule has 0 aliphatic carbocycles. The van der Waals surface area contributed by atoms with Crippen LogP contribution in [0.1, 0.15) is 43.4 Å². The lowest BCUT2D eigenvalue weighted by Gasteiger charge is -2.26. The number of guanidine groups is 1. The summed E-state index contributed by atoms with van der Waals surface area (Å²) < 4.78 is 32.7. The second-order valence-corrected chi connectivity index (χ2v) is 10.2. The SMILES string of the molecule is CCOC(=O)CC(NC(=O)C(C)c1ccccc1)c1cccc(N(NC(=N)N)S(=O)(=O)c2ccccc2)c1. The maximum atomic E-state index is 13.4. The summed E-state index contributed by atoms with van der Waals surface area (Å²) in [5.74, 6) is -1.93. The third-order valence-corrected chi connectivity index (χ3v) is 7.35. The number of amides is 1. The molecule has 0 spiro atoms. The molecule has 10 nitrogen and oxygen atoms in total. The van der Waals surface area contributed by atoms with E-state index in [0.717, 1.165) is 9.98 Å². The van der Waals surface area contributed by atoms with Crippen LogP contribution in [-0.4, -0.2) is 32.9 Å². The Morgan fingerprint density at radius 1 is 0.974 bits per heavy atom. The minimum absolute atomic E-state index is 0.0211. The molecule has 0 aliphatic heterocycles. The van der Waals surface area contributed by atoms with Crippen LogP contribution in [0, 0.1) is 5.41 Å². The third-order valence-electron chi connectivity index (χ3n) is 5.70. The molecule has 38 heavy (non-hydrogen) atoms. The molecule has 200 valence electrons. The van der Waals surface area contributed by atoms with Gasteiger partial charge in [-0.15, -0.1) is 0 Å². The van der Waals surface area contributed by atoms with Gasteiger partial charge < -0.3 is 15.8 Å². The van der Waals surface area contributed by atoms with E-state index < -0.39 is 33.9 Å². The van der Waals surface area contributed by atoms with Crippen molar-refractivity contribution >= 4 is 33.5 Å². The Hall–Kier alpha value is -4.38. The van der Waals surface area contributed by atoms with Crippen LogP contribution < -0.4 is 20.9 Å². The summed E-state index contributed by atoms with van der Waals surface area (Å²) >= 11 is 0. The lowest BCUT2D eigenvalue weighted by atomic mass is 9.98. The van der Waals surface area contributed by atoms with Crippen LogP contribution in [0.4, 0.5) is 5.69 Å². The van der Waals surface area contributed by atoms with Crippen LogP contribution in [0.25, 0.3) is 0 Å². The van der Waals surface area contributed by atoms with Gasteiger partial charge in [0.15, 0.2) is 0 Å². The van der Waals surface area contributed by atoms with E-state index in [0.29, 0.717) is 5.56 Å². The molecule has 3 rings (SSSR count). The average Bonchev–Trinajstić information content (AvgIpc) is 2.92. The Balaban J connectivity index is 1.99. The summed E-state index contributed by atoms with van der Waals surface area (Å²) in [6.07, 6.45) is -0.171. The minimum atomic E-state index is -4.17. The molecule has 0 fully saturated rings. The Labute approximate surface area is 222 Å². The molecule has 0 saturated heterocycles. The molecule has 3 aromatic rings. The maximum absolute atomic E-state index is 13.4. The number of ether oxygens (including phenoxy) is 1. The quantitative estimate of drug-likeness (QED) is 0.127. The smallest absolute Gasteiger partial charge is 0.308 e. The zero-order valence-electron chi connectivity index (χ0n) is 21.1. The molecule has 3 aromatic carbocycles. The number of sulfonamides is 1. The first-order valence-electron chi connectivity index (χ1n) is 12.0. The van der Waals surface area contributed by atoms with Gasteiger partial charge >= 0.3 is 5.97 Å². The van der Waals surface area contributed by atoms with Crippen molar-refractivity contribution in [2.75, 3.05) is 11.0 Å². The van der Waals surface area contributed by atoms with Gasteiger partial charge in [-0.2, -0.15) is 12.8 Å². The molecule has 0 heterocycles. The standard InChI is InChI=1S/C27H31N5O5S/c1-3-37-25(33)18-24(30-26(34)19(2)20-11-6-4-7-12-20)21-13-10-14-22(17-21)32(31-27(28)29)38(35,36)23-15-8-5-9-16-23/h4-17,19,24H,3,18H2,1-2H3,(H,30,34)(H4,28,29,31). The van der Waals surface area contributed by atoms with Crippen LogP contribution in [0.15, 0.2) is 89.8 Å². The van der Waals surface area contributed by atoms with Crippen molar-refractivity contribution in [2.24, 2.45) is 5.73 Å². The van der Waals surface area contributed by atoms with E-state index in [-0.39, 0.29) is 29.5 Å². The van der Waals surface area contributed by atoms with Crippen LogP contribution in [0.5, 0.6) is 0 Å². The van der Waals surface area contributed by atoms with Gasteiger partial charge in [-0.1, -0.05) is 60.7 Å². The first kappa shape index (κ1) is 28.2. The highest BCUT2D eigenvalue weighted by atomic mass is 32.2. The summed E-state index contributed by atoms with van der Waals surface area (Å²) in [4.78, 5) is 25.5. The largest absolute Gasteiger partial charge is 0.466 e. The molecule has 2 unspecified atom stereocenters.